The molecule has 4 heteroatoms. The summed E-state index contributed by atoms with van der Waals surface area (Å²) in [6, 6.07) is 32.6. The maximum atomic E-state index is 4.37. The number of hydrogen-bond acceptors (Lipinski definition) is 4. The van der Waals surface area contributed by atoms with Crippen LogP contribution >= 0.6 is 0 Å². The summed E-state index contributed by atoms with van der Waals surface area (Å²) in [5.41, 5.74) is 8.38. The summed E-state index contributed by atoms with van der Waals surface area (Å²) >= 11 is 0. The van der Waals surface area contributed by atoms with Crippen LogP contribution in [-0.2, 0) is 10.8 Å². The third kappa shape index (κ3) is 7.66. The maximum absolute atomic E-state index is 4.37. The Labute approximate surface area is 226 Å². The predicted molar refractivity (Wildman–Crippen MR) is 160 cm³/mol. The standard InChI is InChI=1S/C34H36N4/c1-33(2,3)27-13-21-31(22-14-27)37-35-29-17-9-25(10-18-29)7-8-26-11-19-30(20-12-26)36-38-32-23-15-28(16-24-32)34(4,5)6/h7-24H,1-6H3/b8-7+,37-35?,38-36?. The molecule has 0 spiro atoms. The van der Waals surface area contributed by atoms with Gasteiger partial charge in [0.2, 0.25) is 0 Å². The van der Waals surface area contributed by atoms with E-state index in [-0.39, 0.29) is 10.8 Å². The maximum Gasteiger partial charge on any atom is 0.0857 e. The summed E-state index contributed by atoms with van der Waals surface area (Å²) in [6.07, 6.45) is 4.17. The van der Waals surface area contributed by atoms with Crippen molar-refractivity contribution in [1.82, 2.24) is 0 Å². The Morgan fingerprint density at radius 1 is 0.368 bits per heavy atom. The van der Waals surface area contributed by atoms with Gasteiger partial charge in [-0.05, 0) is 81.6 Å². The van der Waals surface area contributed by atoms with Gasteiger partial charge in [-0.3, -0.25) is 0 Å². The number of benzene rings is 4. The first kappa shape index (κ1) is 26.9. The molecule has 0 heterocycles. The first-order chi connectivity index (χ1) is 18.1. The van der Waals surface area contributed by atoms with Crippen LogP contribution in [0.1, 0.15) is 63.8 Å². The molecule has 4 nitrogen and oxygen atoms in total. The monoisotopic (exact) mass is 500 g/mol. The van der Waals surface area contributed by atoms with Crippen molar-refractivity contribution in [3.8, 4) is 0 Å². The molecule has 192 valence electrons. The molecule has 0 fully saturated rings. The van der Waals surface area contributed by atoms with Gasteiger partial charge in [0.1, 0.15) is 0 Å². The van der Waals surface area contributed by atoms with Gasteiger partial charge < -0.3 is 0 Å². The molecule has 0 saturated heterocycles. The zero-order valence-electron chi connectivity index (χ0n) is 23.2. The van der Waals surface area contributed by atoms with Crippen molar-refractivity contribution in [3.63, 3.8) is 0 Å². The van der Waals surface area contributed by atoms with Crippen LogP contribution in [-0.4, -0.2) is 0 Å². The number of rotatable bonds is 6. The van der Waals surface area contributed by atoms with Crippen molar-refractivity contribution in [2.75, 3.05) is 0 Å². The highest BCUT2D eigenvalue weighted by molar-refractivity contribution is 5.70. The second kappa shape index (κ2) is 11.5. The van der Waals surface area contributed by atoms with E-state index in [0.29, 0.717) is 0 Å². The normalized spacial score (nSPS) is 12.7. The third-order valence-electron chi connectivity index (χ3n) is 6.28. The number of azo groups is 2. The minimum Gasteiger partial charge on any atom is -0.151 e. The fraction of sp³-hybridized carbons (Fsp3) is 0.235. The van der Waals surface area contributed by atoms with E-state index in [1.807, 2.05) is 72.8 Å². The Morgan fingerprint density at radius 3 is 0.842 bits per heavy atom. The molecule has 38 heavy (non-hydrogen) atoms. The summed E-state index contributed by atoms with van der Waals surface area (Å²) in [6.45, 7) is 13.2. The van der Waals surface area contributed by atoms with E-state index in [4.69, 9.17) is 0 Å². The van der Waals surface area contributed by atoms with E-state index in [1.165, 1.54) is 11.1 Å². The summed E-state index contributed by atoms with van der Waals surface area (Å²) in [5, 5.41) is 17.5. The van der Waals surface area contributed by atoms with Crippen molar-refractivity contribution in [3.05, 3.63) is 119 Å². The molecule has 4 aromatic carbocycles. The van der Waals surface area contributed by atoms with Crippen molar-refractivity contribution in [2.45, 2.75) is 52.4 Å². The molecule has 0 aromatic heterocycles. The molecule has 0 saturated carbocycles. The van der Waals surface area contributed by atoms with Crippen LogP contribution in [0, 0.1) is 0 Å². The largest absolute Gasteiger partial charge is 0.151 e. The fourth-order valence-corrected chi connectivity index (χ4v) is 3.78. The van der Waals surface area contributed by atoms with E-state index in [0.717, 1.165) is 33.9 Å². The van der Waals surface area contributed by atoms with Gasteiger partial charge in [0, 0.05) is 0 Å². The average Bonchev–Trinajstić information content (AvgIpc) is 2.90. The van der Waals surface area contributed by atoms with Crippen LogP contribution in [0.3, 0.4) is 0 Å². The van der Waals surface area contributed by atoms with Crippen molar-refractivity contribution < 1.29 is 0 Å². The van der Waals surface area contributed by atoms with Crippen molar-refractivity contribution in [2.24, 2.45) is 20.5 Å². The highest BCUT2D eigenvalue weighted by Gasteiger charge is 2.13. The Kier molecular flexibility index (Phi) is 8.11. The molecule has 0 N–H and O–H groups in total. The quantitative estimate of drug-likeness (QED) is 0.187. The van der Waals surface area contributed by atoms with Gasteiger partial charge in [-0.25, -0.2) is 0 Å². The van der Waals surface area contributed by atoms with Gasteiger partial charge in [-0.1, -0.05) is 102 Å². The van der Waals surface area contributed by atoms with E-state index >= 15 is 0 Å². The molecular formula is C34H36N4. The molecule has 0 atom stereocenters. The summed E-state index contributed by atoms with van der Waals surface area (Å²) in [5.74, 6) is 0. The van der Waals surface area contributed by atoms with E-state index in [9.17, 15) is 0 Å². The molecule has 4 aromatic rings. The van der Waals surface area contributed by atoms with Crippen LogP contribution in [0.5, 0.6) is 0 Å². The Bertz CT molecular complexity index is 1300. The van der Waals surface area contributed by atoms with Gasteiger partial charge in [0.15, 0.2) is 0 Å². The number of hydrogen-bond donors (Lipinski definition) is 0. The van der Waals surface area contributed by atoms with Crippen LogP contribution in [0.15, 0.2) is 118 Å². The molecule has 0 amide bonds. The smallest absolute Gasteiger partial charge is 0.0857 e. The van der Waals surface area contributed by atoms with Gasteiger partial charge in [-0.15, -0.1) is 0 Å². The zero-order valence-corrected chi connectivity index (χ0v) is 23.2. The van der Waals surface area contributed by atoms with Gasteiger partial charge in [0.25, 0.3) is 0 Å². The van der Waals surface area contributed by atoms with Gasteiger partial charge in [-0.2, -0.15) is 20.5 Å². The Morgan fingerprint density at radius 2 is 0.605 bits per heavy atom. The lowest BCUT2D eigenvalue weighted by molar-refractivity contribution is 0.590. The van der Waals surface area contributed by atoms with Crippen molar-refractivity contribution >= 4 is 34.9 Å². The van der Waals surface area contributed by atoms with Crippen molar-refractivity contribution in [1.29, 1.82) is 0 Å². The van der Waals surface area contributed by atoms with Gasteiger partial charge >= 0.3 is 0 Å². The lowest BCUT2D eigenvalue weighted by Crippen LogP contribution is -2.10. The van der Waals surface area contributed by atoms with Crippen LogP contribution in [0.25, 0.3) is 12.2 Å². The second-order valence-corrected chi connectivity index (χ2v) is 11.5. The molecule has 0 unspecified atom stereocenters. The minimum absolute atomic E-state index is 0.131. The van der Waals surface area contributed by atoms with E-state index < -0.39 is 0 Å². The molecular weight excluding hydrogens is 464 g/mol. The number of nitrogens with zero attached hydrogens (tertiary/aromatic N) is 4. The predicted octanol–water partition coefficient (Wildman–Crippen LogP) is 11.3. The molecule has 0 aliphatic heterocycles. The molecule has 0 bridgehead atoms. The SMILES string of the molecule is CC(C)(C)c1ccc(N=Nc2ccc(/C=C/c3ccc(N=Nc4ccc(C(C)(C)C)cc4)cc3)cc2)cc1. The lowest BCUT2D eigenvalue weighted by Gasteiger charge is -2.18. The Balaban J connectivity index is 1.33. The molecule has 0 aliphatic rings. The minimum atomic E-state index is 0.131. The summed E-state index contributed by atoms with van der Waals surface area (Å²) < 4.78 is 0. The fourth-order valence-electron chi connectivity index (χ4n) is 3.78. The van der Waals surface area contributed by atoms with Gasteiger partial charge in [0.05, 0.1) is 22.7 Å². The average molecular weight is 501 g/mol. The van der Waals surface area contributed by atoms with E-state index in [1.54, 1.807) is 0 Å². The Hall–Kier alpha value is -4.18. The van der Waals surface area contributed by atoms with E-state index in [2.05, 4.69) is 98.4 Å². The van der Waals surface area contributed by atoms with Crippen LogP contribution in [0.4, 0.5) is 22.7 Å². The highest BCUT2D eigenvalue weighted by Crippen LogP contribution is 2.27. The first-order valence-electron chi connectivity index (χ1n) is 13.0. The van der Waals surface area contributed by atoms with Crippen LogP contribution < -0.4 is 0 Å². The summed E-state index contributed by atoms with van der Waals surface area (Å²) in [7, 11) is 0. The molecule has 4 rings (SSSR count). The first-order valence-corrected chi connectivity index (χ1v) is 13.0. The van der Waals surface area contributed by atoms with Crippen LogP contribution in [0.2, 0.25) is 0 Å². The lowest BCUT2D eigenvalue weighted by atomic mass is 9.87. The third-order valence-corrected chi connectivity index (χ3v) is 6.28. The molecule has 0 aliphatic carbocycles. The highest BCUT2D eigenvalue weighted by atomic mass is 15.1. The zero-order chi connectivity index (χ0) is 27.2. The summed E-state index contributed by atoms with van der Waals surface area (Å²) in [4.78, 5) is 0. The molecule has 0 radical (unpaired) electrons. The topological polar surface area (TPSA) is 49.4 Å². The second-order valence-electron chi connectivity index (χ2n) is 11.5.